The summed E-state index contributed by atoms with van der Waals surface area (Å²) < 4.78 is 0. The lowest BCUT2D eigenvalue weighted by Crippen LogP contribution is -2.55. The van der Waals surface area contributed by atoms with Crippen molar-refractivity contribution >= 4 is 30.3 Å². The van der Waals surface area contributed by atoms with E-state index in [0.717, 1.165) is 41.1 Å². The van der Waals surface area contributed by atoms with Crippen LogP contribution in [0.15, 0.2) is 47.6 Å². The summed E-state index contributed by atoms with van der Waals surface area (Å²) in [5.74, 6) is 2.10. The number of piperidine rings is 3. The predicted octanol–water partition coefficient (Wildman–Crippen LogP) is 2.03. The van der Waals surface area contributed by atoms with Crippen molar-refractivity contribution in [3.8, 4) is 0 Å². The molecule has 2 aromatic rings. The summed E-state index contributed by atoms with van der Waals surface area (Å²) in [6, 6.07) is 9.85. The van der Waals surface area contributed by atoms with E-state index in [4.69, 9.17) is 0 Å². The number of hydrogen-bond acceptors (Lipinski definition) is 3. The maximum absolute atomic E-state index is 12.9. The van der Waals surface area contributed by atoms with Crippen LogP contribution in [0.2, 0.25) is 0 Å². The van der Waals surface area contributed by atoms with Gasteiger partial charge in [0, 0.05) is 36.9 Å². The third-order valence-electron chi connectivity index (χ3n) is 6.22. The van der Waals surface area contributed by atoms with Crippen LogP contribution in [-0.4, -0.2) is 43.3 Å². The Kier molecular flexibility index (Phi) is 3.45. The molecule has 4 heterocycles. The Balaban J connectivity index is 1.41. The lowest BCUT2D eigenvalue weighted by molar-refractivity contribution is -0.112. The first-order valence-electron chi connectivity index (χ1n) is 9.26. The minimum absolute atomic E-state index is 0.0562. The Bertz CT molecular complexity index is 861. The van der Waals surface area contributed by atoms with Crippen molar-refractivity contribution in [1.82, 2.24) is 9.88 Å². The first-order chi connectivity index (χ1) is 12.2. The molecule has 1 saturated carbocycles. The molecule has 5 heteroatoms. The molecule has 4 aliphatic rings. The van der Waals surface area contributed by atoms with Gasteiger partial charge in [0.25, 0.3) is 0 Å². The largest absolute Gasteiger partial charge is 0.323 e. The van der Waals surface area contributed by atoms with E-state index < -0.39 is 0 Å². The quantitative estimate of drug-likeness (QED) is 0.677. The van der Waals surface area contributed by atoms with Crippen molar-refractivity contribution in [3.63, 3.8) is 0 Å². The molecule has 4 bridgehead atoms. The maximum Gasteiger partial charge on any atom is 0.241 e. The maximum atomic E-state index is 12.9. The summed E-state index contributed by atoms with van der Waals surface area (Å²) in [6.07, 6.45) is 4.33. The molecule has 25 heavy (non-hydrogen) atoms. The van der Waals surface area contributed by atoms with Gasteiger partial charge in [-0.15, -0.1) is 0 Å². The van der Waals surface area contributed by atoms with E-state index in [1.165, 1.54) is 25.0 Å². The van der Waals surface area contributed by atoms with Gasteiger partial charge < -0.3 is 10.2 Å². The average Bonchev–Trinajstić information content (AvgIpc) is 2.60. The first-order valence-corrected chi connectivity index (χ1v) is 9.26. The Morgan fingerprint density at radius 3 is 2.72 bits per heavy atom. The van der Waals surface area contributed by atoms with E-state index in [-0.39, 0.29) is 5.91 Å². The number of nitrogens with zero attached hydrogens (tertiary/aromatic N) is 2. The van der Waals surface area contributed by atoms with E-state index in [1.54, 1.807) is 6.20 Å². The van der Waals surface area contributed by atoms with Gasteiger partial charge in [-0.3, -0.25) is 9.78 Å². The Hall–Kier alpha value is -2.14. The molecule has 4 fully saturated rings. The molecule has 0 spiro atoms. The molecule has 3 aliphatic heterocycles. The molecule has 0 radical (unpaired) electrons. The molecule has 1 amide bonds. The normalized spacial score (nSPS) is 29.8. The molecular formula is C20H22BN3O. The fraction of sp³-hybridized carbons (Fsp3) is 0.400. The molecule has 3 saturated heterocycles. The minimum atomic E-state index is 0.0562. The van der Waals surface area contributed by atoms with Crippen LogP contribution in [0, 0.1) is 17.8 Å². The SMILES string of the molecule is BC(C(=O)Nc1ccc2ncccc2c1)=C1C2CC3CC1CN(C3)C2. The number of pyridine rings is 1. The van der Waals surface area contributed by atoms with Gasteiger partial charge in [-0.05, 0) is 60.3 Å². The highest BCUT2D eigenvalue weighted by Crippen LogP contribution is 2.47. The van der Waals surface area contributed by atoms with Crippen LogP contribution in [0.5, 0.6) is 0 Å². The molecule has 1 aromatic carbocycles. The minimum Gasteiger partial charge on any atom is -0.323 e. The summed E-state index contributed by atoms with van der Waals surface area (Å²) in [4.78, 5) is 19.8. The summed E-state index contributed by atoms with van der Waals surface area (Å²) in [5.41, 5.74) is 4.18. The van der Waals surface area contributed by atoms with Crippen molar-refractivity contribution in [1.29, 1.82) is 0 Å². The number of rotatable bonds is 2. The highest BCUT2D eigenvalue weighted by atomic mass is 16.1. The number of anilines is 1. The summed E-state index contributed by atoms with van der Waals surface area (Å²) in [7, 11) is 2.02. The van der Waals surface area contributed by atoms with Crippen molar-refractivity contribution < 1.29 is 4.79 Å². The molecule has 2 atom stereocenters. The summed E-state index contributed by atoms with van der Waals surface area (Å²) in [5, 5.41) is 4.15. The number of fused-ring (bicyclic) bond motifs is 1. The van der Waals surface area contributed by atoms with E-state index in [1.807, 2.05) is 38.2 Å². The lowest BCUT2D eigenvalue weighted by atomic mass is 9.62. The Morgan fingerprint density at radius 2 is 1.96 bits per heavy atom. The third kappa shape index (κ3) is 2.58. The van der Waals surface area contributed by atoms with Crippen molar-refractivity contribution in [2.75, 3.05) is 25.0 Å². The van der Waals surface area contributed by atoms with E-state index >= 15 is 0 Å². The third-order valence-corrected chi connectivity index (χ3v) is 6.22. The topological polar surface area (TPSA) is 45.2 Å². The van der Waals surface area contributed by atoms with Crippen molar-refractivity contribution in [2.24, 2.45) is 17.8 Å². The average molecular weight is 331 g/mol. The van der Waals surface area contributed by atoms with Gasteiger partial charge in [-0.2, -0.15) is 0 Å². The molecule has 1 aromatic heterocycles. The number of nitrogens with one attached hydrogen (secondary N) is 1. The van der Waals surface area contributed by atoms with Crippen molar-refractivity contribution in [2.45, 2.75) is 12.8 Å². The van der Waals surface area contributed by atoms with Gasteiger partial charge in [0.05, 0.1) is 5.52 Å². The number of hydrogen-bond donors (Lipinski definition) is 1. The molecule has 2 unspecified atom stereocenters. The van der Waals surface area contributed by atoms with Gasteiger partial charge in [0.15, 0.2) is 0 Å². The highest BCUT2D eigenvalue weighted by molar-refractivity contribution is 6.39. The highest BCUT2D eigenvalue weighted by Gasteiger charge is 2.45. The Morgan fingerprint density at radius 1 is 1.16 bits per heavy atom. The van der Waals surface area contributed by atoms with Gasteiger partial charge >= 0.3 is 0 Å². The van der Waals surface area contributed by atoms with E-state index in [2.05, 4.69) is 15.2 Å². The van der Waals surface area contributed by atoms with Crippen molar-refractivity contribution in [3.05, 3.63) is 47.6 Å². The van der Waals surface area contributed by atoms with Crippen LogP contribution in [0.4, 0.5) is 5.69 Å². The fourth-order valence-corrected chi connectivity index (χ4v) is 5.32. The zero-order chi connectivity index (χ0) is 17.0. The van der Waals surface area contributed by atoms with Crippen LogP contribution in [0.3, 0.4) is 0 Å². The van der Waals surface area contributed by atoms with Crippen LogP contribution in [0.1, 0.15) is 12.8 Å². The second-order valence-electron chi connectivity index (χ2n) is 7.90. The van der Waals surface area contributed by atoms with Gasteiger partial charge in [0.1, 0.15) is 7.85 Å². The number of aromatic nitrogens is 1. The van der Waals surface area contributed by atoms with Crippen LogP contribution in [0.25, 0.3) is 10.9 Å². The standard InChI is InChI=1S/C20H22BN3O/c21-19(18-14-6-12-7-15(18)11-24(9-12)10-14)20(25)23-16-3-4-17-13(8-16)2-1-5-22-17/h1-5,8,12,14-15H,6-7,9-11,21H2,(H,23,25). The zero-order valence-electron chi connectivity index (χ0n) is 14.5. The number of amides is 1. The van der Waals surface area contributed by atoms with Crippen LogP contribution >= 0.6 is 0 Å². The summed E-state index contributed by atoms with van der Waals surface area (Å²) in [6.45, 7) is 3.57. The first kappa shape index (κ1) is 15.1. The molecule has 1 N–H and O–H groups in total. The molecule has 126 valence electrons. The number of carbonyl (C=O) groups excluding carboxylic acids is 1. The van der Waals surface area contributed by atoms with Crippen LogP contribution in [-0.2, 0) is 4.79 Å². The second-order valence-corrected chi connectivity index (χ2v) is 7.90. The molecule has 4 nitrogen and oxygen atoms in total. The Labute approximate surface area is 148 Å². The van der Waals surface area contributed by atoms with E-state index in [0.29, 0.717) is 11.8 Å². The van der Waals surface area contributed by atoms with E-state index in [9.17, 15) is 4.79 Å². The second kappa shape index (κ2) is 5.70. The number of carbonyl (C=O) groups is 1. The number of benzene rings is 1. The fourth-order valence-electron chi connectivity index (χ4n) is 5.32. The van der Waals surface area contributed by atoms with Crippen LogP contribution < -0.4 is 5.32 Å². The van der Waals surface area contributed by atoms with Gasteiger partial charge in [-0.1, -0.05) is 11.6 Å². The molecular weight excluding hydrogens is 309 g/mol. The smallest absolute Gasteiger partial charge is 0.241 e. The lowest BCUT2D eigenvalue weighted by Gasteiger charge is -2.53. The molecule has 6 rings (SSSR count). The summed E-state index contributed by atoms with van der Waals surface area (Å²) >= 11 is 0. The monoisotopic (exact) mass is 331 g/mol. The predicted molar refractivity (Wildman–Crippen MR) is 102 cm³/mol. The van der Waals surface area contributed by atoms with Gasteiger partial charge in [0.2, 0.25) is 5.91 Å². The molecule has 1 aliphatic carbocycles. The zero-order valence-corrected chi connectivity index (χ0v) is 14.5. The van der Waals surface area contributed by atoms with Gasteiger partial charge in [-0.25, -0.2) is 0 Å².